The van der Waals surface area contributed by atoms with Gasteiger partial charge in [-0.1, -0.05) is 11.6 Å². The van der Waals surface area contributed by atoms with Crippen LogP contribution in [0.5, 0.6) is 0 Å². The SMILES string of the molecule is CCn1nc(C)c(N)c1C(=O)Nc1cnc(Cl)c(Br)c1. The zero-order valence-electron chi connectivity index (χ0n) is 10.9. The molecule has 0 bridgehead atoms. The third kappa shape index (κ3) is 2.78. The largest absolute Gasteiger partial charge is 0.395 e. The summed E-state index contributed by atoms with van der Waals surface area (Å²) in [6.45, 7) is 4.21. The van der Waals surface area contributed by atoms with Crippen molar-refractivity contribution in [1.29, 1.82) is 0 Å². The number of pyridine rings is 1. The highest BCUT2D eigenvalue weighted by molar-refractivity contribution is 9.10. The highest BCUT2D eigenvalue weighted by Gasteiger charge is 2.19. The lowest BCUT2D eigenvalue weighted by Crippen LogP contribution is -2.19. The number of hydrogen-bond acceptors (Lipinski definition) is 4. The van der Waals surface area contributed by atoms with Gasteiger partial charge in [0.05, 0.1) is 27.7 Å². The van der Waals surface area contributed by atoms with Gasteiger partial charge in [0, 0.05) is 6.54 Å². The fourth-order valence-electron chi connectivity index (χ4n) is 1.74. The molecule has 3 N–H and O–H groups in total. The van der Waals surface area contributed by atoms with Crippen molar-refractivity contribution in [2.45, 2.75) is 20.4 Å². The number of aromatic nitrogens is 3. The Bertz CT molecular complexity index is 670. The van der Waals surface area contributed by atoms with Crippen LogP contribution in [0.1, 0.15) is 23.1 Å². The van der Waals surface area contributed by atoms with E-state index >= 15 is 0 Å². The van der Waals surface area contributed by atoms with Crippen LogP contribution in [-0.2, 0) is 6.54 Å². The predicted octanol–water partition coefficient (Wildman–Crippen LogP) is 2.86. The van der Waals surface area contributed by atoms with Gasteiger partial charge < -0.3 is 11.1 Å². The molecule has 0 aromatic carbocycles. The first-order valence-corrected chi connectivity index (χ1v) is 7.06. The number of carbonyl (C=O) groups is 1. The van der Waals surface area contributed by atoms with Gasteiger partial charge in [-0.3, -0.25) is 9.48 Å². The minimum absolute atomic E-state index is 0.331. The van der Waals surface area contributed by atoms with E-state index in [-0.39, 0.29) is 5.91 Å². The van der Waals surface area contributed by atoms with Gasteiger partial charge >= 0.3 is 0 Å². The molecule has 2 aromatic heterocycles. The number of anilines is 2. The predicted molar refractivity (Wildman–Crippen MR) is 82.0 cm³/mol. The third-order valence-electron chi connectivity index (χ3n) is 2.74. The molecule has 0 radical (unpaired) electrons. The number of rotatable bonds is 3. The summed E-state index contributed by atoms with van der Waals surface area (Å²) in [6, 6.07) is 1.67. The van der Waals surface area contributed by atoms with Crippen molar-refractivity contribution >= 4 is 44.8 Å². The molecular formula is C12H13BrClN5O. The molecule has 6 nitrogen and oxygen atoms in total. The van der Waals surface area contributed by atoms with Crippen LogP contribution in [0.25, 0.3) is 0 Å². The van der Waals surface area contributed by atoms with Crippen molar-refractivity contribution in [2.75, 3.05) is 11.1 Å². The summed E-state index contributed by atoms with van der Waals surface area (Å²) in [5, 5.41) is 7.26. The molecule has 8 heteroatoms. The molecule has 0 unspecified atom stereocenters. The number of nitrogens with zero attached hydrogens (tertiary/aromatic N) is 3. The Labute approximate surface area is 129 Å². The molecule has 1 amide bonds. The fraction of sp³-hybridized carbons (Fsp3) is 0.250. The fourth-order valence-corrected chi connectivity index (χ4v) is 2.20. The first kappa shape index (κ1) is 14.8. The Kier molecular flexibility index (Phi) is 4.29. The topological polar surface area (TPSA) is 85.8 Å². The quantitative estimate of drug-likeness (QED) is 0.826. The van der Waals surface area contributed by atoms with Crippen molar-refractivity contribution in [3.05, 3.63) is 33.3 Å². The van der Waals surface area contributed by atoms with Gasteiger partial charge in [0.2, 0.25) is 0 Å². The summed E-state index contributed by atoms with van der Waals surface area (Å²) in [6.07, 6.45) is 1.47. The maximum atomic E-state index is 12.3. The second kappa shape index (κ2) is 5.80. The summed E-state index contributed by atoms with van der Waals surface area (Å²) >= 11 is 9.06. The van der Waals surface area contributed by atoms with E-state index in [2.05, 4.69) is 31.3 Å². The number of hydrogen-bond donors (Lipinski definition) is 2. The number of aryl methyl sites for hydroxylation is 2. The summed E-state index contributed by atoms with van der Waals surface area (Å²) in [5.41, 5.74) is 7.77. The third-order valence-corrected chi connectivity index (χ3v) is 3.88. The molecule has 0 saturated heterocycles. The van der Waals surface area contributed by atoms with Crippen molar-refractivity contribution in [3.63, 3.8) is 0 Å². The van der Waals surface area contributed by atoms with E-state index in [1.807, 2.05) is 6.92 Å². The zero-order chi connectivity index (χ0) is 14.9. The second-order valence-corrected chi connectivity index (χ2v) is 5.33. The Balaban J connectivity index is 2.30. The Hall–Kier alpha value is -1.60. The van der Waals surface area contributed by atoms with Crippen molar-refractivity contribution in [1.82, 2.24) is 14.8 Å². The standard InChI is InChI=1S/C12H13BrClN5O/c1-3-19-10(9(15)6(2)18-19)12(20)17-7-4-8(13)11(14)16-5-7/h4-5H,3,15H2,1-2H3,(H,17,20). The zero-order valence-corrected chi connectivity index (χ0v) is 13.3. The van der Waals surface area contributed by atoms with E-state index in [0.29, 0.717) is 38.9 Å². The highest BCUT2D eigenvalue weighted by Crippen LogP contribution is 2.24. The van der Waals surface area contributed by atoms with E-state index in [1.54, 1.807) is 17.7 Å². The smallest absolute Gasteiger partial charge is 0.276 e. The van der Waals surface area contributed by atoms with Crippen LogP contribution in [0.2, 0.25) is 5.15 Å². The monoisotopic (exact) mass is 357 g/mol. The summed E-state index contributed by atoms with van der Waals surface area (Å²) in [4.78, 5) is 16.2. The minimum atomic E-state index is -0.332. The molecular weight excluding hydrogens is 346 g/mol. The number of nitrogen functional groups attached to an aromatic ring is 1. The maximum Gasteiger partial charge on any atom is 0.276 e. The van der Waals surface area contributed by atoms with Crippen LogP contribution < -0.4 is 11.1 Å². The molecule has 106 valence electrons. The maximum absolute atomic E-state index is 12.3. The van der Waals surface area contributed by atoms with Gasteiger partial charge in [-0.15, -0.1) is 0 Å². The second-order valence-electron chi connectivity index (χ2n) is 4.11. The molecule has 20 heavy (non-hydrogen) atoms. The van der Waals surface area contributed by atoms with Crippen LogP contribution in [0, 0.1) is 6.92 Å². The lowest BCUT2D eigenvalue weighted by atomic mass is 10.3. The average Bonchev–Trinajstić information content (AvgIpc) is 2.69. The van der Waals surface area contributed by atoms with Crippen LogP contribution in [-0.4, -0.2) is 20.7 Å². The Morgan fingerprint density at radius 1 is 1.60 bits per heavy atom. The van der Waals surface area contributed by atoms with Gasteiger partial charge in [-0.05, 0) is 35.8 Å². The van der Waals surface area contributed by atoms with Gasteiger partial charge in [0.15, 0.2) is 0 Å². The molecule has 2 aromatic rings. The van der Waals surface area contributed by atoms with Crippen LogP contribution in [0.3, 0.4) is 0 Å². The number of nitrogens with two attached hydrogens (primary N) is 1. The molecule has 0 spiro atoms. The van der Waals surface area contributed by atoms with E-state index in [1.165, 1.54) is 6.20 Å². The lowest BCUT2D eigenvalue weighted by molar-refractivity contribution is 0.101. The molecule has 0 fully saturated rings. The molecule has 0 aliphatic rings. The summed E-state index contributed by atoms with van der Waals surface area (Å²) in [7, 11) is 0. The molecule has 2 rings (SSSR count). The first-order chi connectivity index (χ1) is 9.43. The van der Waals surface area contributed by atoms with Gasteiger partial charge in [0.1, 0.15) is 10.8 Å². The number of carbonyl (C=O) groups excluding carboxylic acids is 1. The van der Waals surface area contributed by atoms with E-state index in [0.717, 1.165) is 0 Å². The Morgan fingerprint density at radius 3 is 2.90 bits per heavy atom. The van der Waals surface area contributed by atoms with Gasteiger partial charge in [-0.25, -0.2) is 4.98 Å². The van der Waals surface area contributed by atoms with Crippen molar-refractivity contribution in [2.24, 2.45) is 0 Å². The lowest BCUT2D eigenvalue weighted by Gasteiger charge is -2.08. The highest BCUT2D eigenvalue weighted by atomic mass is 79.9. The molecule has 0 aliphatic heterocycles. The van der Waals surface area contributed by atoms with Crippen molar-refractivity contribution < 1.29 is 4.79 Å². The van der Waals surface area contributed by atoms with E-state index in [9.17, 15) is 4.79 Å². The molecule has 2 heterocycles. The average molecular weight is 359 g/mol. The van der Waals surface area contributed by atoms with Gasteiger partial charge in [0.25, 0.3) is 5.91 Å². The minimum Gasteiger partial charge on any atom is -0.395 e. The van der Waals surface area contributed by atoms with E-state index in [4.69, 9.17) is 17.3 Å². The van der Waals surface area contributed by atoms with Crippen molar-refractivity contribution in [3.8, 4) is 0 Å². The summed E-state index contributed by atoms with van der Waals surface area (Å²) < 4.78 is 2.17. The van der Waals surface area contributed by atoms with E-state index < -0.39 is 0 Å². The normalized spacial score (nSPS) is 10.6. The molecule has 0 atom stereocenters. The number of halogens is 2. The molecule has 0 saturated carbocycles. The molecule has 0 aliphatic carbocycles. The Morgan fingerprint density at radius 2 is 2.30 bits per heavy atom. The van der Waals surface area contributed by atoms with Gasteiger partial charge in [-0.2, -0.15) is 5.10 Å². The van der Waals surface area contributed by atoms with Crippen LogP contribution in [0.15, 0.2) is 16.7 Å². The number of nitrogens with one attached hydrogen (secondary N) is 1. The van der Waals surface area contributed by atoms with Crippen LogP contribution in [0.4, 0.5) is 11.4 Å². The van der Waals surface area contributed by atoms with Crippen LogP contribution >= 0.6 is 27.5 Å². The summed E-state index contributed by atoms with van der Waals surface area (Å²) in [5.74, 6) is -0.332. The first-order valence-electron chi connectivity index (χ1n) is 5.89. The number of amides is 1.